The topological polar surface area (TPSA) is 115 Å². The molecule has 0 spiro atoms. The van der Waals surface area contributed by atoms with Gasteiger partial charge in [0.25, 0.3) is 4.36 Å². The predicted molar refractivity (Wildman–Crippen MR) is 62.8 cm³/mol. The summed E-state index contributed by atoms with van der Waals surface area (Å²) in [4.78, 5) is 36.3. The van der Waals surface area contributed by atoms with Crippen LogP contribution in [0, 0.1) is 6.92 Å². The zero-order valence-corrected chi connectivity index (χ0v) is 11.2. The Hall–Kier alpha value is -0.190. The molecule has 0 bridgehead atoms. The van der Waals surface area contributed by atoms with Crippen molar-refractivity contribution >= 4 is 26.8 Å². The van der Waals surface area contributed by atoms with Crippen LogP contribution in [0.5, 0.6) is 0 Å². The van der Waals surface area contributed by atoms with E-state index in [-0.39, 0.29) is 5.56 Å². The second kappa shape index (κ2) is 4.48. The van der Waals surface area contributed by atoms with Gasteiger partial charge in [-0.05, 0) is 12.5 Å². The maximum absolute atomic E-state index is 11.3. The van der Waals surface area contributed by atoms with Crippen LogP contribution in [-0.4, -0.2) is 19.6 Å². The van der Waals surface area contributed by atoms with Crippen LogP contribution in [0.3, 0.4) is 0 Å². The quantitative estimate of drug-likeness (QED) is 0.499. The van der Waals surface area contributed by atoms with Gasteiger partial charge in [-0.2, -0.15) is 0 Å². The lowest BCUT2D eigenvalue weighted by atomic mass is 10.2. The molecular weight excluding hydrogens is 289 g/mol. The lowest BCUT2D eigenvalue weighted by Crippen LogP contribution is -2.19. The molecule has 17 heavy (non-hydrogen) atoms. The number of hydrogen-bond acceptors (Lipinski definition) is 2. The van der Waals surface area contributed by atoms with Crippen LogP contribution < -0.4 is 0 Å². The maximum Gasteiger partial charge on any atom is 0.363 e. The summed E-state index contributed by atoms with van der Waals surface area (Å²) in [6.45, 7) is 1.72. The standard InChI is InChI=1S/C8H11ClO6P2/c1-6-2-4-7(5-3-6)8(9,16(10,11)12)17(13,14)15/h2-5H,1H3,(H2,10,11,12)(H2,13,14,15). The summed E-state index contributed by atoms with van der Waals surface area (Å²) >= 11 is 5.54. The van der Waals surface area contributed by atoms with Crippen molar-refractivity contribution in [3.63, 3.8) is 0 Å². The van der Waals surface area contributed by atoms with Crippen molar-refractivity contribution in [3.05, 3.63) is 35.4 Å². The van der Waals surface area contributed by atoms with E-state index >= 15 is 0 Å². The Balaban J connectivity index is 3.52. The summed E-state index contributed by atoms with van der Waals surface area (Å²) in [5.74, 6) is 0. The first kappa shape index (κ1) is 14.9. The summed E-state index contributed by atoms with van der Waals surface area (Å²) < 4.78 is 19.5. The van der Waals surface area contributed by atoms with Crippen molar-refractivity contribution in [1.29, 1.82) is 0 Å². The average Bonchev–Trinajstić information content (AvgIpc) is 2.14. The fourth-order valence-electron chi connectivity index (χ4n) is 1.27. The van der Waals surface area contributed by atoms with Gasteiger partial charge in [-0.15, -0.1) is 0 Å². The van der Waals surface area contributed by atoms with E-state index in [1.807, 2.05) is 0 Å². The molecule has 1 aromatic rings. The molecule has 0 amide bonds. The van der Waals surface area contributed by atoms with Crippen molar-refractivity contribution in [2.45, 2.75) is 11.3 Å². The molecule has 0 saturated carbocycles. The molecule has 9 heteroatoms. The summed E-state index contributed by atoms with van der Waals surface area (Å²) in [6, 6.07) is 5.27. The van der Waals surface area contributed by atoms with Crippen LogP contribution in [0.25, 0.3) is 0 Å². The number of benzene rings is 1. The Labute approximate surface area is 103 Å². The fraction of sp³-hybridized carbons (Fsp3) is 0.250. The van der Waals surface area contributed by atoms with Gasteiger partial charge in [0.15, 0.2) is 0 Å². The first-order valence-corrected chi connectivity index (χ1v) is 7.98. The fourth-order valence-corrected chi connectivity index (χ4v) is 3.73. The average molecular weight is 301 g/mol. The van der Waals surface area contributed by atoms with E-state index in [0.29, 0.717) is 0 Å². The van der Waals surface area contributed by atoms with E-state index in [1.54, 1.807) is 6.92 Å². The lowest BCUT2D eigenvalue weighted by Gasteiger charge is -2.28. The van der Waals surface area contributed by atoms with Gasteiger partial charge >= 0.3 is 15.2 Å². The van der Waals surface area contributed by atoms with Gasteiger partial charge in [0.2, 0.25) is 0 Å². The third-order valence-corrected chi connectivity index (χ3v) is 7.35. The minimum absolute atomic E-state index is 0.313. The summed E-state index contributed by atoms with van der Waals surface area (Å²) in [5.41, 5.74) is 0.454. The molecule has 0 unspecified atom stereocenters. The van der Waals surface area contributed by atoms with Gasteiger partial charge in [0.05, 0.1) is 0 Å². The van der Waals surface area contributed by atoms with E-state index in [2.05, 4.69) is 0 Å². The molecule has 0 saturated heterocycles. The number of alkyl halides is 1. The third-order valence-electron chi connectivity index (χ3n) is 2.19. The number of hydrogen-bond donors (Lipinski definition) is 4. The minimum atomic E-state index is -5.24. The van der Waals surface area contributed by atoms with E-state index in [0.717, 1.165) is 5.56 Å². The lowest BCUT2D eigenvalue weighted by molar-refractivity contribution is 0.331. The van der Waals surface area contributed by atoms with E-state index < -0.39 is 19.5 Å². The smallest absolute Gasteiger partial charge is 0.322 e. The molecule has 1 rings (SSSR count). The SMILES string of the molecule is Cc1ccc(C(Cl)(P(=O)(O)O)P(=O)(O)O)cc1. The van der Waals surface area contributed by atoms with Gasteiger partial charge in [-0.3, -0.25) is 9.13 Å². The molecular formula is C8H11ClO6P2. The van der Waals surface area contributed by atoms with E-state index in [4.69, 9.17) is 31.2 Å². The van der Waals surface area contributed by atoms with Crippen molar-refractivity contribution in [2.24, 2.45) is 0 Å². The number of halogens is 1. The van der Waals surface area contributed by atoms with Gasteiger partial charge in [-0.1, -0.05) is 41.4 Å². The Bertz CT molecular complexity index is 479. The first-order valence-electron chi connectivity index (χ1n) is 4.37. The second-order valence-electron chi connectivity index (χ2n) is 3.54. The van der Waals surface area contributed by atoms with Crippen LogP contribution >= 0.6 is 26.8 Å². The van der Waals surface area contributed by atoms with Crippen LogP contribution in [-0.2, 0) is 13.5 Å². The molecule has 0 aromatic heterocycles. The zero-order valence-electron chi connectivity index (χ0n) is 8.69. The predicted octanol–water partition coefficient (Wildman–Crippen LogP) is 1.70. The highest BCUT2D eigenvalue weighted by Gasteiger charge is 2.60. The van der Waals surface area contributed by atoms with E-state index in [9.17, 15) is 9.13 Å². The van der Waals surface area contributed by atoms with Gasteiger partial charge in [-0.25, -0.2) is 0 Å². The Morgan fingerprint density at radius 1 is 1.00 bits per heavy atom. The highest BCUT2D eigenvalue weighted by molar-refractivity contribution is 7.74. The largest absolute Gasteiger partial charge is 0.363 e. The number of aryl methyl sites for hydroxylation is 1. The van der Waals surface area contributed by atoms with Crippen molar-refractivity contribution in [2.75, 3.05) is 0 Å². The molecule has 4 N–H and O–H groups in total. The van der Waals surface area contributed by atoms with Gasteiger partial charge < -0.3 is 19.6 Å². The zero-order chi connectivity index (χ0) is 13.5. The normalized spacial score (nSPS) is 13.8. The molecule has 0 aliphatic rings. The Morgan fingerprint density at radius 3 is 1.65 bits per heavy atom. The van der Waals surface area contributed by atoms with Crippen molar-refractivity contribution in [1.82, 2.24) is 0 Å². The number of rotatable bonds is 3. The molecule has 0 aliphatic heterocycles. The van der Waals surface area contributed by atoms with Gasteiger partial charge in [0, 0.05) is 0 Å². The molecule has 96 valence electrons. The van der Waals surface area contributed by atoms with Crippen molar-refractivity contribution < 1.29 is 28.7 Å². The van der Waals surface area contributed by atoms with Gasteiger partial charge in [0.1, 0.15) is 0 Å². The summed E-state index contributed by atoms with van der Waals surface area (Å²) in [7, 11) is -10.5. The highest BCUT2D eigenvalue weighted by Crippen LogP contribution is 2.76. The molecule has 1 aromatic carbocycles. The molecule has 0 heterocycles. The summed E-state index contributed by atoms with van der Waals surface area (Å²) in [5, 5.41) is 0. The minimum Gasteiger partial charge on any atom is -0.322 e. The molecule has 0 fully saturated rings. The highest BCUT2D eigenvalue weighted by atomic mass is 35.5. The second-order valence-corrected chi connectivity index (χ2v) is 8.51. The third kappa shape index (κ3) is 2.64. The summed E-state index contributed by atoms with van der Waals surface area (Å²) in [6.07, 6.45) is 0. The van der Waals surface area contributed by atoms with Crippen LogP contribution in [0.2, 0.25) is 0 Å². The Morgan fingerprint density at radius 2 is 1.35 bits per heavy atom. The molecule has 6 nitrogen and oxygen atoms in total. The van der Waals surface area contributed by atoms with Crippen LogP contribution in [0.1, 0.15) is 11.1 Å². The van der Waals surface area contributed by atoms with E-state index in [1.165, 1.54) is 24.3 Å². The first-order chi connectivity index (χ1) is 7.50. The molecule has 0 aliphatic carbocycles. The molecule has 0 atom stereocenters. The molecule has 0 radical (unpaired) electrons. The van der Waals surface area contributed by atoms with Crippen LogP contribution in [0.15, 0.2) is 24.3 Å². The van der Waals surface area contributed by atoms with Crippen LogP contribution in [0.4, 0.5) is 0 Å². The maximum atomic E-state index is 11.3. The van der Waals surface area contributed by atoms with Crippen molar-refractivity contribution in [3.8, 4) is 0 Å². The monoisotopic (exact) mass is 300 g/mol. The Kier molecular flexibility index (Phi) is 3.92.